The highest BCUT2D eigenvalue weighted by molar-refractivity contribution is 6.28. The summed E-state index contributed by atoms with van der Waals surface area (Å²) in [6, 6.07) is 3.31. The van der Waals surface area contributed by atoms with Crippen molar-refractivity contribution in [3.8, 4) is 5.88 Å². The summed E-state index contributed by atoms with van der Waals surface area (Å²) in [6.45, 7) is 2.91. The van der Waals surface area contributed by atoms with Crippen molar-refractivity contribution in [3.63, 3.8) is 0 Å². The number of nitrogens with zero attached hydrogens (tertiary/aromatic N) is 2. The second kappa shape index (κ2) is 6.54. The molecule has 0 radical (unpaired) electrons. The minimum atomic E-state index is -0.226. The van der Waals surface area contributed by atoms with Gasteiger partial charge in [0.25, 0.3) is 0 Å². The molecule has 5 nitrogen and oxygen atoms in total. The third kappa shape index (κ3) is 3.24. The number of ether oxygens (including phenoxy) is 1. The van der Waals surface area contributed by atoms with Gasteiger partial charge in [0.2, 0.25) is 5.88 Å². The Labute approximate surface area is 117 Å². The molecule has 1 N–H and O–H groups in total. The zero-order valence-electron chi connectivity index (χ0n) is 10.9. The highest BCUT2D eigenvalue weighted by Crippen LogP contribution is 2.28. The third-order valence-electron chi connectivity index (χ3n) is 2.63. The zero-order valence-corrected chi connectivity index (χ0v) is 11.6. The van der Waals surface area contributed by atoms with Crippen LogP contribution in [0.4, 0.5) is 0 Å². The van der Waals surface area contributed by atoms with E-state index in [-0.39, 0.29) is 6.04 Å². The maximum Gasteiger partial charge on any atom is 0.237 e. The summed E-state index contributed by atoms with van der Waals surface area (Å²) < 4.78 is 10.7. The molecule has 0 aromatic carbocycles. The van der Waals surface area contributed by atoms with Gasteiger partial charge in [0.1, 0.15) is 17.5 Å². The lowest BCUT2D eigenvalue weighted by Gasteiger charge is -2.17. The molecule has 0 aliphatic heterocycles. The maximum atomic E-state index is 5.84. The third-order valence-corrected chi connectivity index (χ3v) is 2.84. The van der Waals surface area contributed by atoms with Crippen LogP contribution in [0.15, 0.2) is 28.9 Å². The summed E-state index contributed by atoms with van der Waals surface area (Å²) in [4.78, 5) is 8.49. The molecule has 102 valence electrons. The number of hydrogen-bond donors (Lipinski definition) is 1. The Morgan fingerprint density at radius 2 is 2.16 bits per heavy atom. The van der Waals surface area contributed by atoms with Gasteiger partial charge >= 0.3 is 0 Å². The summed E-state index contributed by atoms with van der Waals surface area (Å²) in [5.74, 6) is 1.17. The highest BCUT2D eigenvalue weighted by Gasteiger charge is 2.23. The Bertz CT molecular complexity index is 530. The van der Waals surface area contributed by atoms with Crippen LogP contribution in [0.5, 0.6) is 5.88 Å². The van der Waals surface area contributed by atoms with Gasteiger partial charge in [-0.1, -0.05) is 6.92 Å². The molecular weight excluding hydrogens is 266 g/mol. The maximum absolute atomic E-state index is 5.84. The van der Waals surface area contributed by atoms with E-state index < -0.39 is 0 Å². The number of furan rings is 1. The summed E-state index contributed by atoms with van der Waals surface area (Å²) in [6.07, 6.45) is 4.21. The standard InChI is InChI=1S/C13H16ClN3O2/c1-3-6-15-11(9-4-5-10(14)19-9)12-13(18-2)17-8-7-16-12/h4-5,7-8,11,15H,3,6H2,1-2H3. The zero-order chi connectivity index (χ0) is 13.7. The lowest BCUT2D eigenvalue weighted by molar-refractivity contribution is 0.372. The normalized spacial score (nSPS) is 12.4. The number of nitrogens with one attached hydrogen (secondary N) is 1. The average molecular weight is 282 g/mol. The van der Waals surface area contributed by atoms with Crippen molar-refractivity contribution < 1.29 is 9.15 Å². The van der Waals surface area contributed by atoms with Crippen LogP contribution in [0.3, 0.4) is 0 Å². The van der Waals surface area contributed by atoms with Crippen LogP contribution in [0, 0.1) is 0 Å². The van der Waals surface area contributed by atoms with Crippen molar-refractivity contribution >= 4 is 11.6 Å². The van der Waals surface area contributed by atoms with E-state index in [9.17, 15) is 0 Å². The molecule has 1 unspecified atom stereocenters. The molecule has 0 aliphatic rings. The Hall–Kier alpha value is -1.59. The highest BCUT2D eigenvalue weighted by atomic mass is 35.5. The van der Waals surface area contributed by atoms with Gasteiger partial charge in [-0.2, -0.15) is 0 Å². The molecule has 6 heteroatoms. The number of hydrogen-bond acceptors (Lipinski definition) is 5. The second-order valence-corrected chi connectivity index (χ2v) is 4.35. The monoisotopic (exact) mass is 281 g/mol. The molecule has 0 bridgehead atoms. The Kier molecular flexibility index (Phi) is 4.76. The van der Waals surface area contributed by atoms with E-state index in [4.69, 9.17) is 20.8 Å². The molecule has 0 saturated carbocycles. The number of rotatable bonds is 6. The molecule has 0 fully saturated rings. The van der Waals surface area contributed by atoms with Gasteiger partial charge in [0.15, 0.2) is 5.22 Å². The van der Waals surface area contributed by atoms with Crippen molar-refractivity contribution in [1.82, 2.24) is 15.3 Å². The van der Waals surface area contributed by atoms with E-state index in [2.05, 4.69) is 22.2 Å². The quantitative estimate of drug-likeness (QED) is 0.882. The molecular formula is C13H16ClN3O2. The van der Waals surface area contributed by atoms with E-state index in [1.807, 2.05) is 6.07 Å². The molecule has 0 saturated heterocycles. The molecule has 0 aliphatic carbocycles. The van der Waals surface area contributed by atoms with Crippen LogP contribution >= 0.6 is 11.6 Å². The molecule has 19 heavy (non-hydrogen) atoms. The van der Waals surface area contributed by atoms with Gasteiger partial charge in [-0.3, -0.25) is 4.98 Å². The van der Waals surface area contributed by atoms with Crippen molar-refractivity contribution in [2.24, 2.45) is 0 Å². The number of aromatic nitrogens is 2. The topological polar surface area (TPSA) is 60.2 Å². The minimum Gasteiger partial charge on any atom is -0.480 e. The molecule has 2 aromatic heterocycles. The first kappa shape index (κ1) is 13.8. The fraction of sp³-hybridized carbons (Fsp3) is 0.385. The average Bonchev–Trinajstić information content (AvgIpc) is 2.86. The Morgan fingerprint density at radius 1 is 1.37 bits per heavy atom. The van der Waals surface area contributed by atoms with Crippen molar-refractivity contribution in [1.29, 1.82) is 0 Å². The van der Waals surface area contributed by atoms with Crippen LogP contribution in [0.1, 0.15) is 30.8 Å². The van der Waals surface area contributed by atoms with Gasteiger partial charge in [-0.05, 0) is 36.7 Å². The minimum absolute atomic E-state index is 0.226. The summed E-state index contributed by atoms with van der Waals surface area (Å²) >= 11 is 5.84. The molecule has 1 atom stereocenters. The van der Waals surface area contributed by atoms with E-state index >= 15 is 0 Å². The van der Waals surface area contributed by atoms with Crippen LogP contribution < -0.4 is 10.1 Å². The number of halogens is 1. The largest absolute Gasteiger partial charge is 0.480 e. The number of methoxy groups -OCH3 is 1. The van der Waals surface area contributed by atoms with Gasteiger partial charge in [0, 0.05) is 12.4 Å². The smallest absolute Gasteiger partial charge is 0.237 e. The molecule has 2 heterocycles. The van der Waals surface area contributed by atoms with E-state index in [1.54, 1.807) is 25.6 Å². The molecule has 0 amide bonds. The van der Waals surface area contributed by atoms with Crippen molar-refractivity contribution in [3.05, 3.63) is 41.2 Å². The van der Waals surface area contributed by atoms with E-state index in [0.717, 1.165) is 13.0 Å². The fourth-order valence-corrected chi connectivity index (χ4v) is 1.95. The van der Waals surface area contributed by atoms with Crippen LogP contribution in [0.2, 0.25) is 5.22 Å². The SMILES string of the molecule is CCCNC(c1ccc(Cl)o1)c1nccnc1OC. The molecule has 2 aromatic rings. The lowest BCUT2D eigenvalue weighted by Crippen LogP contribution is -2.24. The summed E-state index contributed by atoms with van der Waals surface area (Å²) in [7, 11) is 1.57. The second-order valence-electron chi connectivity index (χ2n) is 3.98. The van der Waals surface area contributed by atoms with Crippen LogP contribution in [-0.4, -0.2) is 23.6 Å². The van der Waals surface area contributed by atoms with Gasteiger partial charge in [-0.25, -0.2) is 4.98 Å². The predicted octanol–water partition coefficient (Wildman–Crippen LogP) is 2.82. The predicted molar refractivity (Wildman–Crippen MR) is 72.4 cm³/mol. The first-order chi connectivity index (χ1) is 9.26. The van der Waals surface area contributed by atoms with Crippen molar-refractivity contribution in [2.45, 2.75) is 19.4 Å². The van der Waals surface area contributed by atoms with Gasteiger partial charge < -0.3 is 14.5 Å². The first-order valence-corrected chi connectivity index (χ1v) is 6.47. The fourth-order valence-electron chi connectivity index (χ4n) is 1.80. The van der Waals surface area contributed by atoms with Gasteiger partial charge in [-0.15, -0.1) is 0 Å². The Balaban J connectivity index is 2.36. The lowest BCUT2D eigenvalue weighted by atomic mass is 10.1. The molecule has 0 spiro atoms. The van der Waals surface area contributed by atoms with Crippen LogP contribution in [-0.2, 0) is 0 Å². The Morgan fingerprint density at radius 3 is 2.79 bits per heavy atom. The summed E-state index contributed by atoms with van der Waals surface area (Å²) in [5.41, 5.74) is 0.685. The first-order valence-electron chi connectivity index (χ1n) is 6.09. The van der Waals surface area contributed by atoms with Crippen molar-refractivity contribution in [2.75, 3.05) is 13.7 Å². The van der Waals surface area contributed by atoms with E-state index in [1.165, 1.54) is 0 Å². The van der Waals surface area contributed by atoms with E-state index in [0.29, 0.717) is 22.6 Å². The van der Waals surface area contributed by atoms with Gasteiger partial charge in [0.05, 0.1) is 7.11 Å². The van der Waals surface area contributed by atoms with Crippen LogP contribution in [0.25, 0.3) is 0 Å². The molecule has 2 rings (SSSR count). The summed E-state index contributed by atoms with van der Waals surface area (Å²) in [5, 5.41) is 3.70.